The molecule has 1 fully saturated rings. The van der Waals surface area contributed by atoms with E-state index >= 15 is 0 Å². The number of ether oxygens (including phenoxy) is 2. The van der Waals surface area contributed by atoms with Crippen molar-refractivity contribution in [1.29, 1.82) is 0 Å². The van der Waals surface area contributed by atoms with Gasteiger partial charge < -0.3 is 14.5 Å². The van der Waals surface area contributed by atoms with Gasteiger partial charge in [-0.15, -0.1) is 0 Å². The van der Waals surface area contributed by atoms with Crippen LogP contribution in [0.1, 0.15) is 28.0 Å². The molecule has 0 saturated carbocycles. The van der Waals surface area contributed by atoms with Crippen LogP contribution in [0, 0.1) is 0 Å². The van der Waals surface area contributed by atoms with Gasteiger partial charge in [-0.1, -0.05) is 12.1 Å². The molecule has 1 spiro atoms. The predicted octanol–water partition coefficient (Wildman–Crippen LogP) is 1.00. The molecule has 1 amide bonds. The lowest BCUT2D eigenvalue weighted by Crippen LogP contribution is -2.36. The highest BCUT2D eigenvalue weighted by Gasteiger charge is 2.41. The smallest absolute Gasteiger partial charge is 0.267 e. The van der Waals surface area contributed by atoms with E-state index in [0.29, 0.717) is 18.8 Å². The average molecular weight is 287 g/mol. The highest BCUT2D eigenvalue weighted by molar-refractivity contribution is 6.06. The van der Waals surface area contributed by atoms with Crippen molar-refractivity contribution in [2.75, 3.05) is 13.2 Å². The molecule has 110 valence electrons. The first kappa shape index (κ1) is 12.8. The Labute approximate surface area is 121 Å². The summed E-state index contributed by atoms with van der Waals surface area (Å²) in [6, 6.07) is 5.66. The van der Waals surface area contributed by atoms with Crippen molar-refractivity contribution in [2.24, 2.45) is 5.84 Å². The van der Waals surface area contributed by atoms with E-state index in [1.54, 1.807) is 6.07 Å². The van der Waals surface area contributed by atoms with Gasteiger partial charge in [0.25, 0.3) is 5.91 Å². The summed E-state index contributed by atoms with van der Waals surface area (Å²) in [4.78, 5) is 15.3. The van der Waals surface area contributed by atoms with Crippen molar-refractivity contribution in [3.63, 3.8) is 0 Å². The largest absolute Gasteiger partial charge is 0.357 e. The number of aryl methyl sites for hydroxylation is 1. The number of fused-ring (bicyclic) bond motifs is 3. The molecule has 1 aromatic heterocycles. The summed E-state index contributed by atoms with van der Waals surface area (Å²) in [5.74, 6) is 4.49. The molecular formula is C15H17N3O3. The number of amides is 1. The highest BCUT2D eigenvalue weighted by Crippen LogP contribution is 2.39. The van der Waals surface area contributed by atoms with E-state index in [1.165, 1.54) is 5.56 Å². The normalized spacial score (nSPS) is 19.9. The van der Waals surface area contributed by atoms with Gasteiger partial charge in [-0.25, -0.2) is 5.84 Å². The van der Waals surface area contributed by atoms with Gasteiger partial charge in [-0.05, 0) is 18.1 Å². The van der Waals surface area contributed by atoms with Crippen molar-refractivity contribution in [3.8, 4) is 0 Å². The fraction of sp³-hybridized carbons (Fsp3) is 0.400. The number of aromatic amines is 1. The third-order valence-corrected chi connectivity index (χ3v) is 4.42. The second-order valence-corrected chi connectivity index (χ2v) is 5.57. The van der Waals surface area contributed by atoms with E-state index in [0.717, 1.165) is 35.9 Å². The first-order chi connectivity index (χ1) is 10.2. The Morgan fingerprint density at radius 2 is 2.14 bits per heavy atom. The Morgan fingerprint density at radius 1 is 1.33 bits per heavy atom. The summed E-state index contributed by atoms with van der Waals surface area (Å²) in [7, 11) is 0. The molecule has 1 aliphatic heterocycles. The van der Waals surface area contributed by atoms with Gasteiger partial charge in [0.1, 0.15) is 0 Å². The zero-order chi connectivity index (χ0) is 14.4. The van der Waals surface area contributed by atoms with Crippen LogP contribution >= 0.6 is 0 Å². The molecule has 1 aromatic carbocycles. The minimum absolute atomic E-state index is 0.290. The summed E-state index contributed by atoms with van der Waals surface area (Å²) in [5, 5.41) is 1.05. The Balaban J connectivity index is 1.84. The molecule has 6 heteroatoms. The maximum atomic E-state index is 11.9. The lowest BCUT2D eigenvalue weighted by molar-refractivity contribution is -0.163. The zero-order valence-corrected chi connectivity index (χ0v) is 11.6. The van der Waals surface area contributed by atoms with Crippen molar-refractivity contribution in [2.45, 2.75) is 25.0 Å². The molecule has 0 unspecified atom stereocenters. The molecule has 21 heavy (non-hydrogen) atoms. The van der Waals surface area contributed by atoms with E-state index in [2.05, 4.69) is 10.4 Å². The van der Waals surface area contributed by atoms with E-state index in [9.17, 15) is 4.79 Å². The van der Waals surface area contributed by atoms with Crippen molar-refractivity contribution in [1.82, 2.24) is 10.4 Å². The van der Waals surface area contributed by atoms with Crippen LogP contribution in [0.3, 0.4) is 0 Å². The standard InChI is InChI=1S/C15H17N3O3/c16-18-14(19)10-3-1-2-9-11-8-15(20-6-7-21-15)5-4-12(11)17-13(9)10/h1-3,17H,4-8,16H2,(H,18,19). The molecular weight excluding hydrogens is 270 g/mol. The quantitative estimate of drug-likeness (QED) is 0.415. The van der Waals surface area contributed by atoms with Gasteiger partial charge in [-0.2, -0.15) is 0 Å². The number of para-hydroxylation sites is 1. The Hall–Kier alpha value is -1.89. The summed E-state index contributed by atoms with van der Waals surface area (Å²) in [6.45, 7) is 1.30. The first-order valence-corrected chi connectivity index (χ1v) is 7.14. The maximum Gasteiger partial charge on any atom is 0.267 e. The van der Waals surface area contributed by atoms with Crippen molar-refractivity contribution in [3.05, 3.63) is 35.0 Å². The van der Waals surface area contributed by atoms with Gasteiger partial charge in [0.2, 0.25) is 0 Å². The van der Waals surface area contributed by atoms with Crippen LogP contribution in [0.25, 0.3) is 10.9 Å². The zero-order valence-electron chi connectivity index (χ0n) is 11.6. The number of nitrogen functional groups attached to an aromatic ring is 1. The average Bonchev–Trinajstić information content (AvgIpc) is 3.11. The number of H-pyrrole nitrogens is 1. The van der Waals surface area contributed by atoms with Crippen LogP contribution in [0.4, 0.5) is 0 Å². The molecule has 0 bridgehead atoms. The van der Waals surface area contributed by atoms with Gasteiger partial charge in [-0.3, -0.25) is 10.2 Å². The number of carbonyl (C=O) groups excluding carboxylic acids is 1. The fourth-order valence-electron chi connectivity index (χ4n) is 3.43. The van der Waals surface area contributed by atoms with Gasteiger partial charge in [0.15, 0.2) is 5.79 Å². The third kappa shape index (κ3) is 1.87. The van der Waals surface area contributed by atoms with Crippen LogP contribution in [0.15, 0.2) is 18.2 Å². The molecule has 2 heterocycles. The first-order valence-electron chi connectivity index (χ1n) is 7.14. The Kier molecular flexibility index (Phi) is 2.78. The Bertz CT molecular complexity index is 716. The predicted molar refractivity (Wildman–Crippen MR) is 76.6 cm³/mol. The van der Waals surface area contributed by atoms with Gasteiger partial charge >= 0.3 is 0 Å². The third-order valence-electron chi connectivity index (χ3n) is 4.42. The number of nitrogens with two attached hydrogens (primary N) is 1. The molecule has 1 saturated heterocycles. The number of hydrazine groups is 1. The molecule has 1 aliphatic carbocycles. The van der Waals surface area contributed by atoms with Crippen LogP contribution in [-0.4, -0.2) is 29.9 Å². The second-order valence-electron chi connectivity index (χ2n) is 5.57. The molecule has 2 aromatic rings. The van der Waals surface area contributed by atoms with E-state index in [-0.39, 0.29) is 5.91 Å². The molecule has 6 nitrogen and oxygen atoms in total. The molecule has 4 rings (SSSR count). The summed E-state index contributed by atoms with van der Waals surface area (Å²) in [5.41, 5.74) is 5.93. The van der Waals surface area contributed by atoms with Crippen molar-refractivity contribution >= 4 is 16.8 Å². The maximum absolute atomic E-state index is 11.9. The summed E-state index contributed by atoms with van der Waals surface area (Å²) in [6.07, 6.45) is 2.41. The lowest BCUT2D eigenvalue weighted by atomic mass is 9.90. The summed E-state index contributed by atoms with van der Waals surface area (Å²) < 4.78 is 11.6. The number of benzene rings is 1. The van der Waals surface area contributed by atoms with Crippen LogP contribution in [0.5, 0.6) is 0 Å². The lowest BCUT2D eigenvalue weighted by Gasteiger charge is -2.31. The minimum Gasteiger partial charge on any atom is -0.357 e. The molecule has 4 N–H and O–H groups in total. The molecule has 2 aliphatic rings. The SMILES string of the molecule is NNC(=O)c1cccc2c3c([nH]c12)CCC1(C3)OCCO1. The highest BCUT2D eigenvalue weighted by atomic mass is 16.7. The fourth-order valence-corrected chi connectivity index (χ4v) is 3.43. The topological polar surface area (TPSA) is 89.4 Å². The van der Waals surface area contributed by atoms with Crippen LogP contribution in [0.2, 0.25) is 0 Å². The van der Waals surface area contributed by atoms with E-state index < -0.39 is 5.79 Å². The number of carbonyl (C=O) groups is 1. The van der Waals surface area contributed by atoms with Crippen LogP contribution in [-0.2, 0) is 22.3 Å². The number of aromatic nitrogens is 1. The molecule has 0 atom stereocenters. The second kappa shape index (κ2) is 4.56. The summed E-state index contributed by atoms with van der Waals surface area (Å²) >= 11 is 0. The monoisotopic (exact) mass is 287 g/mol. The Morgan fingerprint density at radius 3 is 2.90 bits per heavy atom. The van der Waals surface area contributed by atoms with E-state index in [1.807, 2.05) is 12.1 Å². The van der Waals surface area contributed by atoms with Gasteiger partial charge in [0.05, 0.1) is 24.3 Å². The molecule has 0 radical (unpaired) electrons. The van der Waals surface area contributed by atoms with Gasteiger partial charge in [0, 0.05) is 23.9 Å². The van der Waals surface area contributed by atoms with E-state index in [4.69, 9.17) is 15.3 Å². The number of nitrogens with one attached hydrogen (secondary N) is 2. The minimum atomic E-state index is -0.478. The van der Waals surface area contributed by atoms with Crippen molar-refractivity contribution < 1.29 is 14.3 Å². The number of hydrogen-bond acceptors (Lipinski definition) is 4. The number of hydrogen-bond donors (Lipinski definition) is 3. The van der Waals surface area contributed by atoms with Crippen LogP contribution < -0.4 is 11.3 Å². The number of rotatable bonds is 1.